The molecule has 1 aromatic heterocycles. The largest absolute Gasteiger partial charge is 0.490 e. The standard InChI is InChI=1S/C10H11F3N2O4S/c1-18-7(16)6-5(20-9(14)15-6)3-2-4-19-8(17)10(11,12)13/h2-4H2,1H3,(H2,14,15). The first kappa shape index (κ1) is 16.2. The molecule has 0 aromatic carbocycles. The van der Waals surface area contributed by atoms with Crippen LogP contribution in [0.1, 0.15) is 21.8 Å². The Bertz CT molecular complexity index is 501. The summed E-state index contributed by atoms with van der Waals surface area (Å²) in [5, 5.41) is 0.146. The molecule has 0 saturated heterocycles. The average Bonchev–Trinajstić information content (AvgIpc) is 2.73. The van der Waals surface area contributed by atoms with Crippen LogP contribution >= 0.6 is 11.3 Å². The molecule has 0 aliphatic heterocycles. The summed E-state index contributed by atoms with van der Waals surface area (Å²) in [7, 11) is 1.17. The number of rotatable bonds is 5. The van der Waals surface area contributed by atoms with E-state index in [1.807, 2.05) is 0 Å². The van der Waals surface area contributed by atoms with Crippen LogP contribution in [0.3, 0.4) is 0 Å². The summed E-state index contributed by atoms with van der Waals surface area (Å²) < 4.78 is 44.1. The van der Waals surface area contributed by atoms with E-state index in [0.717, 1.165) is 11.3 Å². The van der Waals surface area contributed by atoms with Gasteiger partial charge in [0.15, 0.2) is 10.8 Å². The van der Waals surface area contributed by atoms with E-state index in [9.17, 15) is 22.8 Å². The zero-order valence-electron chi connectivity index (χ0n) is 10.3. The summed E-state index contributed by atoms with van der Waals surface area (Å²) in [5.74, 6) is -2.92. The molecule has 20 heavy (non-hydrogen) atoms. The first-order valence-corrected chi connectivity index (χ1v) is 6.14. The monoisotopic (exact) mass is 312 g/mol. The fourth-order valence-electron chi connectivity index (χ4n) is 1.27. The highest BCUT2D eigenvalue weighted by atomic mass is 32.1. The van der Waals surface area contributed by atoms with Crippen LogP contribution in [0.25, 0.3) is 0 Å². The molecule has 6 nitrogen and oxygen atoms in total. The number of nitrogens with zero attached hydrogens (tertiary/aromatic N) is 1. The van der Waals surface area contributed by atoms with Crippen molar-refractivity contribution in [3.05, 3.63) is 10.6 Å². The van der Waals surface area contributed by atoms with Gasteiger partial charge in [-0.25, -0.2) is 14.6 Å². The third kappa shape index (κ3) is 4.37. The fourth-order valence-corrected chi connectivity index (χ4v) is 2.14. The van der Waals surface area contributed by atoms with Gasteiger partial charge >= 0.3 is 18.1 Å². The summed E-state index contributed by atoms with van der Waals surface area (Å²) >= 11 is 1.03. The van der Waals surface area contributed by atoms with Gasteiger partial charge in [0.25, 0.3) is 0 Å². The van der Waals surface area contributed by atoms with Crippen molar-refractivity contribution in [2.75, 3.05) is 19.5 Å². The molecule has 0 atom stereocenters. The second kappa shape index (κ2) is 6.55. The molecule has 2 N–H and O–H groups in total. The maximum Gasteiger partial charge on any atom is 0.490 e. The van der Waals surface area contributed by atoms with Crippen molar-refractivity contribution in [3.8, 4) is 0 Å². The number of aromatic nitrogens is 1. The molecule has 112 valence electrons. The molecule has 0 bridgehead atoms. The topological polar surface area (TPSA) is 91.5 Å². The summed E-state index contributed by atoms with van der Waals surface area (Å²) in [6.07, 6.45) is -4.70. The number of carbonyl (C=O) groups excluding carboxylic acids is 2. The number of hydrogen-bond donors (Lipinski definition) is 1. The van der Waals surface area contributed by atoms with E-state index < -0.39 is 24.7 Å². The van der Waals surface area contributed by atoms with E-state index in [1.165, 1.54) is 7.11 Å². The Morgan fingerprint density at radius 2 is 2.05 bits per heavy atom. The van der Waals surface area contributed by atoms with E-state index in [4.69, 9.17) is 5.73 Å². The number of nitrogens with two attached hydrogens (primary N) is 1. The third-order valence-electron chi connectivity index (χ3n) is 2.11. The molecule has 1 heterocycles. The minimum Gasteiger partial charge on any atom is -0.464 e. The molecule has 10 heteroatoms. The van der Waals surface area contributed by atoms with Crippen molar-refractivity contribution >= 4 is 28.4 Å². The maximum atomic E-state index is 11.9. The predicted molar refractivity (Wildman–Crippen MR) is 63.2 cm³/mol. The van der Waals surface area contributed by atoms with Gasteiger partial charge in [-0.15, -0.1) is 11.3 Å². The number of halogens is 3. The molecule has 0 amide bonds. The van der Waals surface area contributed by atoms with Crippen LogP contribution in [0.15, 0.2) is 0 Å². The molecule has 0 unspecified atom stereocenters. The van der Waals surface area contributed by atoms with Gasteiger partial charge in [-0.2, -0.15) is 13.2 Å². The van der Waals surface area contributed by atoms with Crippen molar-refractivity contribution in [2.45, 2.75) is 19.0 Å². The van der Waals surface area contributed by atoms with Crippen LogP contribution in [0.4, 0.5) is 18.3 Å². The molecular weight excluding hydrogens is 301 g/mol. The van der Waals surface area contributed by atoms with E-state index in [-0.39, 0.29) is 23.7 Å². The van der Waals surface area contributed by atoms with Gasteiger partial charge in [0.05, 0.1) is 13.7 Å². The van der Waals surface area contributed by atoms with E-state index >= 15 is 0 Å². The van der Waals surface area contributed by atoms with Gasteiger partial charge in [-0.05, 0) is 12.8 Å². The van der Waals surface area contributed by atoms with Crippen LogP contribution in [0, 0.1) is 0 Å². The van der Waals surface area contributed by atoms with Crippen LogP contribution in [-0.2, 0) is 20.7 Å². The van der Waals surface area contributed by atoms with Gasteiger partial charge < -0.3 is 15.2 Å². The molecule has 0 aliphatic carbocycles. The third-order valence-corrected chi connectivity index (χ3v) is 3.05. The Kier molecular flexibility index (Phi) is 5.31. The number of ether oxygens (including phenoxy) is 2. The number of anilines is 1. The fraction of sp³-hybridized carbons (Fsp3) is 0.500. The number of alkyl halides is 3. The van der Waals surface area contributed by atoms with Crippen LogP contribution in [-0.4, -0.2) is 36.8 Å². The summed E-state index contributed by atoms with van der Waals surface area (Å²) in [6, 6.07) is 0. The first-order valence-electron chi connectivity index (χ1n) is 5.33. The molecule has 1 rings (SSSR count). The second-order valence-corrected chi connectivity index (χ2v) is 4.67. The van der Waals surface area contributed by atoms with Gasteiger partial charge in [0, 0.05) is 4.88 Å². The molecule has 0 saturated carbocycles. The first-order chi connectivity index (χ1) is 9.25. The maximum absolute atomic E-state index is 11.9. The van der Waals surface area contributed by atoms with E-state index in [0.29, 0.717) is 4.88 Å². The highest BCUT2D eigenvalue weighted by Gasteiger charge is 2.40. The number of nitrogen functional groups attached to an aromatic ring is 1. The zero-order chi connectivity index (χ0) is 15.3. The van der Waals surface area contributed by atoms with Crippen LogP contribution in [0.5, 0.6) is 0 Å². The Hall–Kier alpha value is -1.84. The molecular formula is C10H11F3N2O4S. The molecule has 0 fully saturated rings. The predicted octanol–water partition coefficient (Wildman–Crippen LogP) is 1.55. The molecule has 0 aliphatic rings. The lowest BCUT2D eigenvalue weighted by Crippen LogP contribution is -2.25. The van der Waals surface area contributed by atoms with Crippen LogP contribution < -0.4 is 5.73 Å². The number of aryl methyl sites for hydroxylation is 1. The normalized spacial score (nSPS) is 11.2. The molecule has 0 spiro atoms. The Labute approximate surface area is 115 Å². The van der Waals surface area contributed by atoms with Crippen LogP contribution in [0.2, 0.25) is 0 Å². The SMILES string of the molecule is COC(=O)c1nc(N)sc1CCCOC(=O)C(F)(F)F. The summed E-state index contributed by atoms with van der Waals surface area (Å²) in [6.45, 7) is -0.420. The van der Waals surface area contributed by atoms with E-state index in [2.05, 4.69) is 14.5 Å². The Morgan fingerprint density at radius 1 is 1.40 bits per heavy atom. The lowest BCUT2D eigenvalue weighted by molar-refractivity contribution is -0.199. The smallest absolute Gasteiger partial charge is 0.464 e. The minimum absolute atomic E-state index is 0.0251. The second-order valence-electron chi connectivity index (χ2n) is 3.55. The summed E-state index contributed by atoms with van der Waals surface area (Å²) in [4.78, 5) is 26.0. The minimum atomic E-state index is -5.01. The van der Waals surface area contributed by atoms with Crippen molar-refractivity contribution in [1.29, 1.82) is 0 Å². The lowest BCUT2D eigenvalue weighted by Gasteiger charge is -2.06. The summed E-state index contributed by atoms with van der Waals surface area (Å²) in [5.41, 5.74) is 5.47. The number of hydrogen-bond acceptors (Lipinski definition) is 7. The Balaban J connectivity index is 2.51. The van der Waals surface area contributed by atoms with Gasteiger partial charge in [-0.3, -0.25) is 0 Å². The Morgan fingerprint density at radius 3 is 2.60 bits per heavy atom. The highest BCUT2D eigenvalue weighted by molar-refractivity contribution is 7.15. The quantitative estimate of drug-likeness (QED) is 0.655. The van der Waals surface area contributed by atoms with Crippen molar-refractivity contribution < 1.29 is 32.2 Å². The molecule has 1 aromatic rings. The zero-order valence-corrected chi connectivity index (χ0v) is 11.1. The van der Waals surface area contributed by atoms with Gasteiger partial charge in [-0.1, -0.05) is 0 Å². The molecule has 0 radical (unpaired) electrons. The number of methoxy groups -OCH3 is 1. The number of esters is 2. The average molecular weight is 312 g/mol. The van der Waals surface area contributed by atoms with Gasteiger partial charge in [0.2, 0.25) is 0 Å². The number of thiazole rings is 1. The van der Waals surface area contributed by atoms with Crippen molar-refractivity contribution in [2.24, 2.45) is 0 Å². The number of carbonyl (C=O) groups is 2. The van der Waals surface area contributed by atoms with Crippen molar-refractivity contribution in [1.82, 2.24) is 4.98 Å². The lowest BCUT2D eigenvalue weighted by atomic mass is 10.2. The van der Waals surface area contributed by atoms with Crippen molar-refractivity contribution in [3.63, 3.8) is 0 Å². The van der Waals surface area contributed by atoms with E-state index in [1.54, 1.807) is 0 Å². The van der Waals surface area contributed by atoms with Gasteiger partial charge in [0.1, 0.15) is 0 Å². The highest BCUT2D eigenvalue weighted by Crippen LogP contribution is 2.23.